The normalized spacial score (nSPS) is 45.8. The van der Waals surface area contributed by atoms with Crippen LogP contribution in [-0.2, 0) is 4.74 Å². The molecule has 4 aliphatic rings. The van der Waals surface area contributed by atoms with Crippen molar-refractivity contribution in [2.24, 2.45) is 17.6 Å². The van der Waals surface area contributed by atoms with Gasteiger partial charge in [0.05, 0.1) is 11.2 Å². The number of aliphatic hydroxyl groups is 1. The molecule has 3 N–H and O–H groups in total. The molecule has 3 heteroatoms. The summed E-state index contributed by atoms with van der Waals surface area (Å²) in [5.74, 6) is 1.07. The van der Waals surface area contributed by atoms with E-state index in [4.69, 9.17) is 10.5 Å². The van der Waals surface area contributed by atoms with Crippen LogP contribution in [0.3, 0.4) is 0 Å². The van der Waals surface area contributed by atoms with Gasteiger partial charge in [0.15, 0.2) is 0 Å². The fraction of sp³-hybridized carbons (Fsp3) is 1.00. The van der Waals surface area contributed by atoms with Gasteiger partial charge in [-0.2, -0.15) is 0 Å². The molecule has 4 fully saturated rings. The molecule has 110 valence electrons. The molecule has 2 saturated carbocycles. The van der Waals surface area contributed by atoms with Crippen molar-refractivity contribution in [2.75, 3.05) is 6.61 Å². The van der Waals surface area contributed by atoms with E-state index in [1.807, 2.05) is 0 Å². The summed E-state index contributed by atoms with van der Waals surface area (Å²) in [6, 6.07) is 0. The largest absolute Gasteiger partial charge is 0.396 e. The van der Waals surface area contributed by atoms with Crippen molar-refractivity contribution in [2.45, 2.75) is 82.0 Å². The minimum Gasteiger partial charge on any atom is -0.396 e. The first kappa shape index (κ1) is 13.8. The van der Waals surface area contributed by atoms with E-state index in [0.29, 0.717) is 11.8 Å². The van der Waals surface area contributed by atoms with Crippen molar-refractivity contribution in [1.29, 1.82) is 0 Å². The molecular weight excluding hydrogens is 238 g/mol. The highest BCUT2D eigenvalue weighted by Crippen LogP contribution is 2.59. The highest BCUT2D eigenvalue weighted by atomic mass is 16.5. The lowest BCUT2D eigenvalue weighted by Gasteiger charge is -2.64. The zero-order valence-electron chi connectivity index (χ0n) is 12.5. The average molecular weight is 267 g/mol. The van der Waals surface area contributed by atoms with Crippen molar-refractivity contribution < 1.29 is 9.84 Å². The van der Waals surface area contributed by atoms with Crippen molar-refractivity contribution in [3.05, 3.63) is 0 Å². The number of hydrogen-bond acceptors (Lipinski definition) is 3. The van der Waals surface area contributed by atoms with Crippen LogP contribution in [0.1, 0.15) is 65.2 Å². The molecule has 4 rings (SSSR count). The lowest BCUT2D eigenvalue weighted by atomic mass is 9.55. The Morgan fingerprint density at radius 2 is 1.89 bits per heavy atom. The Balaban J connectivity index is 1.93. The highest BCUT2D eigenvalue weighted by Gasteiger charge is 2.62. The van der Waals surface area contributed by atoms with Gasteiger partial charge >= 0.3 is 0 Å². The third kappa shape index (κ3) is 2.05. The van der Waals surface area contributed by atoms with Crippen LogP contribution in [0.2, 0.25) is 0 Å². The molecule has 0 radical (unpaired) electrons. The van der Waals surface area contributed by atoms with Gasteiger partial charge in [0.25, 0.3) is 0 Å². The predicted molar refractivity (Wildman–Crippen MR) is 75.8 cm³/mol. The van der Waals surface area contributed by atoms with Crippen molar-refractivity contribution in [3.8, 4) is 0 Å². The Bertz CT molecular complexity index is 351. The molecule has 0 aromatic heterocycles. The standard InChI is InChI=1S/C16H29NO2/c1-14(2)13-7-8-16(19-14,12-5-3-4-6-12)11-15(13,17)9-10-18/h12-13,18H,3-11,17H2,1-2H3. The van der Waals surface area contributed by atoms with Gasteiger partial charge in [0, 0.05) is 18.1 Å². The second kappa shape index (κ2) is 4.44. The number of aliphatic hydroxyl groups excluding tert-OH is 1. The van der Waals surface area contributed by atoms with Crippen LogP contribution in [0.15, 0.2) is 0 Å². The Labute approximate surface area is 116 Å². The fourth-order valence-corrected chi connectivity index (χ4v) is 5.52. The van der Waals surface area contributed by atoms with E-state index >= 15 is 0 Å². The van der Waals surface area contributed by atoms with Crippen molar-refractivity contribution >= 4 is 0 Å². The quantitative estimate of drug-likeness (QED) is 0.826. The molecule has 2 saturated heterocycles. The number of nitrogens with two attached hydrogens (primary N) is 1. The molecule has 2 heterocycles. The van der Waals surface area contributed by atoms with E-state index in [-0.39, 0.29) is 23.3 Å². The molecule has 0 amide bonds. The molecule has 2 aliphatic carbocycles. The first-order valence-electron chi connectivity index (χ1n) is 8.02. The molecule has 3 atom stereocenters. The molecule has 0 aromatic carbocycles. The van der Waals surface area contributed by atoms with Gasteiger partial charge < -0.3 is 15.6 Å². The summed E-state index contributed by atoms with van der Waals surface area (Å²) in [6.45, 7) is 4.61. The lowest BCUT2D eigenvalue weighted by molar-refractivity contribution is -0.282. The third-order valence-corrected chi connectivity index (χ3v) is 6.16. The van der Waals surface area contributed by atoms with E-state index < -0.39 is 0 Å². The second-order valence-corrected chi connectivity index (χ2v) is 7.73. The summed E-state index contributed by atoms with van der Waals surface area (Å²) in [7, 11) is 0. The Kier molecular flexibility index (Phi) is 3.23. The number of ether oxygens (including phenoxy) is 1. The zero-order chi connectivity index (χ0) is 13.7. The summed E-state index contributed by atoms with van der Waals surface area (Å²) >= 11 is 0. The fourth-order valence-electron chi connectivity index (χ4n) is 5.52. The summed E-state index contributed by atoms with van der Waals surface area (Å²) in [5.41, 5.74) is 6.38. The van der Waals surface area contributed by atoms with E-state index in [1.165, 1.54) is 38.5 Å². The first-order valence-corrected chi connectivity index (χ1v) is 8.02. The van der Waals surface area contributed by atoms with E-state index in [1.54, 1.807) is 0 Å². The summed E-state index contributed by atoms with van der Waals surface area (Å²) in [6.07, 6.45) is 9.31. The van der Waals surface area contributed by atoms with Crippen LogP contribution in [0.5, 0.6) is 0 Å². The minimum absolute atomic E-state index is 0.00132. The maximum atomic E-state index is 9.41. The molecule has 19 heavy (non-hydrogen) atoms. The Hall–Kier alpha value is -0.120. The van der Waals surface area contributed by atoms with Gasteiger partial charge in [-0.25, -0.2) is 0 Å². The molecular formula is C16H29NO2. The first-order chi connectivity index (χ1) is 8.92. The summed E-state index contributed by atoms with van der Waals surface area (Å²) in [5, 5.41) is 9.41. The number of fused-ring (bicyclic) bond motifs is 3. The van der Waals surface area contributed by atoms with Crippen LogP contribution in [-0.4, -0.2) is 28.5 Å². The molecule has 2 aliphatic heterocycles. The summed E-state index contributed by atoms with van der Waals surface area (Å²) in [4.78, 5) is 0. The zero-order valence-corrected chi connectivity index (χ0v) is 12.5. The maximum Gasteiger partial charge on any atom is 0.0735 e. The Morgan fingerprint density at radius 1 is 1.21 bits per heavy atom. The van der Waals surface area contributed by atoms with Crippen LogP contribution in [0.25, 0.3) is 0 Å². The molecule has 3 unspecified atom stereocenters. The van der Waals surface area contributed by atoms with Crippen LogP contribution >= 0.6 is 0 Å². The molecule has 3 nitrogen and oxygen atoms in total. The summed E-state index contributed by atoms with van der Waals surface area (Å²) < 4.78 is 6.62. The topological polar surface area (TPSA) is 55.5 Å². The smallest absolute Gasteiger partial charge is 0.0735 e. The number of rotatable bonds is 3. The minimum atomic E-state index is -0.225. The highest BCUT2D eigenvalue weighted by molar-refractivity contribution is 5.15. The molecule has 0 spiro atoms. The monoisotopic (exact) mass is 267 g/mol. The van der Waals surface area contributed by atoms with Crippen molar-refractivity contribution in [3.63, 3.8) is 0 Å². The lowest BCUT2D eigenvalue weighted by Crippen LogP contribution is -2.71. The van der Waals surface area contributed by atoms with Crippen LogP contribution in [0, 0.1) is 11.8 Å². The van der Waals surface area contributed by atoms with E-state index in [2.05, 4.69) is 13.8 Å². The second-order valence-electron chi connectivity index (χ2n) is 7.73. The number of hydrogen-bond donors (Lipinski definition) is 2. The van der Waals surface area contributed by atoms with Gasteiger partial charge in [0.2, 0.25) is 0 Å². The average Bonchev–Trinajstić information content (AvgIpc) is 2.80. The third-order valence-electron chi connectivity index (χ3n) is 6.16. The van der Waals surface area contributed by atoms with Gasteiger partial charge in [-0.1, -0.05) is 12.8 Å². The van der Waals surface area contributed by atoms with Gasteiger partial charge in [-0.15, -0.1) is 0 Å². The van der Waals surface area contributed by atoms with Crippen LogP contribution < -0.4 is 5.73 Å². The van der Waals surface area contributed by atoms with Gasteiger partial charge in [0.1, 0.15) is 0 Å². The SMILES string of the molecule is CC1(C)OC2(C3CCCC3)CCC1C(N)(CCO)C2. The van der Waals surface area contributed by atoms with Gasteiger partial charge in [-0.3, -0.25) is 0 Å². The molecule has 0 aromatic rings. The van der Waals surface area contributed by atoms with Crippen LogP contribution in [0.4, 0.5) is 0 Å². The maximum absolute atomic E-state index is 9.41. The van der Waals surface area contributed by atoms with Crippen molar-refractivity contribution in [1.82, 2.24) is 0 Å². The predicted octanol–water partition coefficient (Wildman–Crippen LogP) is 2.60. The van der Waals surface area contributed by atoms with E-state index in [9.17, 15) is 5.11 Å². The molecule has 2 bridgehead atoms. The van der Waals surface area contributed by atoms with E-state index in [0.717, 1.165) is 12.8 Å². The Morgan fingerprint density at radius 3 is 2.47 bits per heavy atom. The van der Waals surface area contributed by atoms with Gasteiger partial charge in [-0.05, 0) is 58.3 Å².